The summed E-state index contributed by atoms with van der Waals surface area (Å²) in [5, 5.41) is 9.03. The summed E-state index contributed by atoms with van der Waals surface area (Å²) in [6.45, 7) is 3.17. The number of alkyl halides is 2. The summed E-state index contributed by atoms with van der Waals surface area (Å²) < 4.78 is 67.0. The number of benzene rings is 3. The number of anilines is 2. The van der Waals surface area contributed by atoms with Crippen LogP contribution in [0.2, 0.25) is 0 Å². The zero-order valence-electron chi connectivity index (χ0n) is 21.4. The van der Waals surface area contributed by atoms with Crippen LogP contribution in [-0.2, 0) is 21.3 Å². The van der Waals surface area contributed by atoms with E-state index in [2.05, 4.69) is 20.9 Å². The molecule has 40 heavy (non-hydrogen) atoms. The average molecular weight is 634 g/mol. The zero-order valence-corrected chi connectivity index (χ0v) is 23.9. The van der Waals surface area contributed by atoms with Gasteiger partial charge in [0.15, 0.2) is 5.76 Å². The van der Waals surface area contributed by atoms with E-state index in [1.807, 2.05) is 6.07 Å². The van der Waals surface area contributed by atoms with Crippen LogP contribution in [0.4, 0.5) is 24.9 Å². The van der Waals surface area contributed by atoms with Gasteiger partial charge in [-0.25, -0.2) is 9.37 Å². The van der Waals surface area contributed by atoms with Crippen molar-refractivity contribution in [3.8, 4) is 17.4 Å². The third-order valence-corrected chi connectivity index (χ3v) is 8.36. The number of rotatable bonds is 10. The summed E-state index contributed by atoms with van der Waals surface area (Å²) in [5.41, 5.74) is -2.66. The lowest BCUT2D eigenvalue weighted by Crippen LogP contribution is -2.20. The topological polar surface area (TPSA) is 99.6 Å². The van der Waals surface area contributed by atoms with Crippen LogP contribution in [0.1, 0.15) is 37.0 Å². The van der Waals surface area contributed by atoms with Gasteiger partial charge >= 0.3 is 19.3 Å². The molecule has 0 aliphatic carbocycles. The highest BCUT2D eigenvalue weighted by Crippen LogP contribution is 2.64. The molecule has 12 heteroatoms. The Morgan fingerprint density at radius 3 is 2.45 bits per heavy atom. The molecule has 0 saturated carbocycles. The highest BCUT2D eigenvalue weighted by atomic mass is 79.9. The van der Waals surface area contributed by atoms with Crippen LogP contribution in [0.5, 0.6) is 0 Å². The van der Waals surface area contributed by atoms with E-state index in [9.17, 15) is 13.8 Å². The SMILES string of the molecule is CCC(C)OP(=O)(O)C(F)(F)c1ccc(CN(c2ccc(F)cc2)c2ncc(-c3ccc(C#N)cc3)o2)cc1Br. The molecule has 0 spiro atoms. The lowest BCUT2D eigenvalue weighted by atomic mass is 10.1. The van der Waals surface area contributed by atoms with Gasteiger partial charge in [0.1, 0.15) is 5.82 Å². The van der Waals surface area contributed by atoms with Gasteiger partial charge in [-0.1, -0.05) is 35.0 Å². The monoisotopic (exact) mass is 633 g/mol. The highest BCUT2D eigenvalue weighted by Gasteiger charge is 2.54. The van der Waals surface area contributed by atoms with E-state index in [1.54, 1.807) is 36.1 Å². The van der Waals surface area contributed by atoms with Gasteiger partial charge in [-0.2, -0.15) is 14.0 Å². The van der Waals surface area contributed by atoms with Crippen molar-refractivity contribution in [2.24, 2.45) is 0 Å². The van der Waals surface area contributed by atoms with E-state index in [-0.39, 0.29) is 23.5 Å². The number of nitrogens with zero attached hydrogens (tertiary/aromatic N) is 3. The van der Waals surface area contributed by atoms with Crippen molar-refractivity contribution in [2.45, 2.75) is 38.6 Å². The minimum Gasteiger partial charge on any atom is -0.423 e. The summed E-state index contributed by atoms with van der Waals surface area (Å²) in [6, 6.07) is 18.3. The fraction of sp³-hybridized carbons (Fsp3) is 0.214. The molecule has 2 unspecified atom stereocenters. The number of nitriles is 1. The van der Waals surface area contributed by atoms with Gasteiger partial charge in [-0.15, -0.1) is 0 Å². The Morgan fingerprint density at radius 1 is 1.18 bits per heavy atom. The van der Waals surface area contributed by atoms with Crippen molar-refractivity contribution in [3.05, 3.63) is 99.9 Å². The Balaban J connectivity index is 1.66. The molecule has 1 aromatic heterocycles. The van der Waals surface area contributed by atoms with Crippen LogP contribution < -0.4 is 4.90 Å². The molecule has 7 nitrogen and oxygen atoms in total. The number of hydrogen-bond donors (Lipinski definition) is 1. The van der Waals surface area contributed by atoms with Crippen LogP contribution in [0.25, 0.3) is 11.3 Å². The third kappa shape index (κ3) is 6.31. The quantitative estimate of drug-likeness (QED) is 0.175. The molecule has 0 aliphatic heterocycles. The van der Waals surface area contributed by atoms with Crippen molar-refractivity contribution in [2.75, 3.05) is 4.90 Å². The van der Waals surface area contributed by atoms with Crippen LogP contribution in [0.3, 0.4) is 0 Å². The van der Waals surface area contributed by atoms with E-state index >= 15 is 8.78 Å². The second kappa shape index (κ2) is 12.0. The molecule has 0 radical (unpaired) electrons. The first-order chi connectivity index (χ1) is 18.9. The first-order valence-electron chi connectivity index (χ1n) is 12.1. The summed E-state index contributed by atoms with van der Waals surface area (Å²) >= 11 is 3.12. The zero-order chi connectivity index (χ0) is 29.1. The van der Waals surface area contributed by atoms with Gasteiger partial charge < -0.3 is 13.8 Å². The molecule has 0 amide bonds. The maximum Gasteiger partial charge on any atom is 0.402 e. The molecule has 0 saturated heterocycles. The predicted octanol–water partition coefficient (Wildman–Crippen LogP) is 8.50. The molecule has 208 valence electrons. The van der Waals surface area contributed by atoms with Gasteiger partial charge in [0.05, 0.1) is 30.5 Å². The molecule has 0 aliphatic rings. The first-order valence-corrected chi connectivity index (χ1v) is 14.5. The molecule has 0 fully saturated rings. The molecular formula is C28H24BrF3N3O4P. The van der Waals surface area contributed by atoms with Gasteiger partial charge in [0.25, 0.3) is 0 Å². The number of hydrogen-bond acceptors (Lipinski definition) is 6. The smallest absolute Gasteiger partial charge is 0.402 e. The highest BCUT2D eigenvalue weighted by molar-refractivity contribution is 9.10. The van der Waals surface area contributed by atoms with Crippen LogP contribution in [0.15, 0.2) is 81.8 Å². The summed E-state index contributed by atoms with van der Waals surface area (Å²) in [6.07, 6.45) is 0.954. The Hall–Kier alpha value is -3.42. The Bertz CT molecular complexity index is 1570. The number of oxazole rings is 1. The summed E-state index contributed by atoms with van der Waals surface area (Å²) in [7, 11) is -5.34. The van der Waals surface area contributed by atoms with Crippen LogP contribution in [0, 0.1) is 17.1 Å². The standard InChI is InChI=1S/C28H24BrF3N3O4P/c1-3-18(2)39-40(36,37)28(31,32)24-13-6-20(14-25(24)29)17-35(23-11-9-22(30)10-12-23)27-34-16-26(38-27)21-7-4-19(15-33)5-8-21/h4-14,16,18H,3,17H2,1-2H3,(H,36,37). The summed E-state index contributed by atoms with van der Waals surface area (Å²) in [4.78, 5) is 16.0. The van der Waals surface area contributed by atoms with Gasteiger partial charge in [-0.3, -0.25) is 9.46 Å². The molecule has 0 bridgehead atoms. The normalized spacial score (nSPS) is 13.8. The summed E-state index contributed by atoms with van der Waals surface area (Å²) in [5.74, 6) is -0.0282. The van der Waals surface area contributed by atoms with Gasteiger partial charge in [0.2, 0.25) is 0 Å². The molecule has 2 atom stereocenters. The second-order valence-electron chi connectivity index (χ2n) is 8.96. The predicted molar refractivity (Wildman–Crippen MR) is 148 cm³/mol. The van der Waals surface area contributed by atoms with E-state index < -0.39 is 30.7 Å². The first kappa shape index (κ1) is 29.6. The van der Waals surface area contributed by atoms with Gasteiger partial charge in [-0.05, 0) is 73.5 Å². The van der Waals surface area contributed by atoms with Crippen molar-refractivity contribution in [1.29, 1.82) is 5.26 Å². The van der Waals surface area contributed by atoms with E-state index in [0.717, 1.165) is 6.07 Å². The van der Waals surface area contributed by atoms with Crippen molar-refractivity contribution >= 4 is 35.2 Å². The lowest BCUT2D eigenvalue weighted by molar-refractivity contribution is 0.0341. The third-order valence-electron chi connectivity index (χ3n) is 6.11. The number of aromatic nitrogens is 1. The van der Waals surface area contributed by atoms with Crippen molar-refractivity contribution < 1.29 is 31.6 Å². The molecule has 1 heterocycles. The molecule has 4 rings (SSSR count). The van der Waals surface area contributed by atoms with Crippen LogP contribution in [-0.4, -0.2) is 16.0 Å². The van der Waals surface area contributed by atoms with Crippen molar-refractivity contribution in [3.63, 3.8) is 0 Å². The van der Waals surface area contributed by atoms with E-state index in [4.69, 9.17) is 14.2 Å². The van der Waals surface area contributed by atoms with E-state index in [0.29, 0.717) is 28.1 Å². The molecule has 1 N–H and O–H groups in total. The minimum atomic E-state index is -5.34. The lowest BCUT2D eigenvalue weighted by Gasteiger charge is -2.26. The fourth-order valence-corrected chi connectivity index (χ4v) is 5.84. The Morgan fingerprint density at radius 2 is 1.85 bits per heavy atom. The van der Waals surface area contributed by atoms with Crippen molar-refractivity contribution in [1.82, 2.24) is 4.98 Å². The minimum absolute atomic E-state index is 0.0730. The Kier molecular flexibility index (Phi) is 8.86. The second-order valence-corrected chi connectivity index (χ2v) is 11.6. The maximum absolute atomic E-state index is 15.1. The van der Waals surface area contributed by atoms with E-state index in [1.165, 1.54) is 49.5 Å². The fourth-order valence-electron chi connectivity index (χ4n) is 3.74. The maximum atomic E-state index is 15.1. The molecule has 3 aromatic carbocycles. The molecular weight excluding hydrogens is 610 g/mol. The van der Waals surface area contributed by atoms with Crippen LogP contribution >= 0.6 is 23.5 Å². The molecule has 4 aromatic rings. The van der Waals surface area contributed by atoms with Gasteiger partial charge in [0, 0.05) is 21.3 Å². The largest absolute Gasteiger partial charge is 0.423 e. The number of halogens is 4. The average Bonchev–Trinajstić information content (AvgIpc) is 3.42. The Labute approximate surface area is 237 Å².